The number of hydrogen-bond acceptors (Lipinski definition) is 8. The number of carbonyl (C=O) groups is 1. The smallest absolute Gasteiger partial charge is 0.227 e. The van der Waals surface area contributed by atoms with Gasteiger partial charge < -0.3 is 9.84 Å². The zero-order chi connectivity index (χ0) is 15.4. The van der Waals surface area contributed by atoms with E-state index >= 15 is 0 Å². The minimum Gasteiger partial charge on any atom is -0.339 e. The molecule has 1 aromatic carbocycles. The van der Waals surface area contributed by atoms with Crippen molar-refractivity contribution in [1.82, 2.24) is 37.4 Å². The van der Waals surface area contributed by atoms with Crippen molar-refractivity contribution in [2.75, 3.05) is 0 Å². The summed E-state index contributed by atoms with van der Waals surface area (Å²) in [4.78, 5) is 16.0. The van der Waals surface area contributed by atoms with E-state index in [9.17, 15) is 4.79 Å². The molecule has 116 valence electrons. The van der Waals surface area contributed by atoms with Crippen molar-refractivity contribution < 1.29 is 9.32 Å². The molecule has 0 atom stereocenters. The summed E-state index contributed by atoms with van der Waals surface area (Å²) in [6.45, 7) is 0. The Morgan fingerprint density at radius 3 is 2.86 bits per heavy atom. The van der Waals surface area contributed by atoms with E-state index in [4.69, 9.17) is 16.1 Å². The van der Waals surface area contributed by atoms with Crippen molar-refractivity contribution in [1.29, 1.82) is 0 Å². The Morgan fingerprint density at radius 2 is 2.09 bits per heavy atom. The lowest BCUT2D eigenvalue weighted by molar-refractivity contribution is -0.122. The second-order valence-corrected chi connectivity index (χ2v) is 4.94. The highest BCUT2D eigenvalue weighted by molar-refractivity contribution is 6.33. The Hall–Kier alpha value is -2.04. The van der Waals surface area contributed by atoms with Gasteiger partial charge in [0.1, 0.15) is 0 Å². The second-order valence-electron chi connectivity index (χ2n) is 4.53. The van der Waals surface area contributed by atoms with Crippen LogP contribution >= 0.6 is 11.6 Å². The third kappa shape index (κ3) is 3.59. The first-order valence-electron chi connectivity index (χ1n) is 6.60. The number of nitrogens with zero attached hydrogens (tertiary/aromatic N) is 2. The van der Waals surface area contributed by atoms with Crippen molar-refractivity contribution in [2.45, 2.75) is 19.1 Å². The zero-order valence-electron chi connectivity index (χ0n) is 11.4. The molecule has 1 amide bonds. The molecule has 22 heavy (non-hydrogen) atoms. The van der Waals surface area contributed by atoms with E-state index in [2.05, 4.69) is 37.4 Å². The number of aromatic nitrogens is 2. The third-order valence-electron chi connectivity index (χ3n) is 2.95. The molecule has 2 heterocycles. The molecule has 1 saturated heterocycles. The number of benzene rings is 1. The predicted molar refractivity (Wildman–Crippen MR) is 77.5 cm³/mol. The summed E-state index contributed by atoms with van der Waals surface area (Å²) in [5.74, 6) is 0.634. The molecule has 0 unspecified atom stereocenters. The van der Waals surface area contributed by atoms with Gasteiger partial charge in [-0.1, -0.05) is 28.9 Å². The lowest BCUT2D eigenvalue weighted by Crippen LogP contribution is -2.49. The molecule has 5 N–H and O–H groups in total. The van der Waals surface area contributed by atoms with Crippen molar-refractivity contribution in [3.8, 4) is 11.4 Å². The summed E-state index contributed by atoms with van der Waals surface area (Å²) >= 11 is 6.08. The quantitative estimate of drug-likeness (QED) is 0.515. The lowest BCUT2D eigenvalue weighted by atomic mass is 10.2. The van der Waals surface area contributed by atoms with Gasteiger partial charge in [-0.25, -0.2) is 10.9 Å². The van der Waals surface area contributed by atoms with E-state index < -0.39 is 0 Å². The van der Waals surface area contributed by atoms with Crippen molar-refractivity contribution in [3.05, 3.63) is 35.2 Å². The van der Waals surface area contributed by atoms with Gasteiger partial charge in [-0.2, -0.15) is 16.1 Å². The van der Waals surface area contributed by atoms with Crippen LogP contribution in [0.3, 0.4) is 0 Å². The maximum Gasteiger partial charge on any atom is 0.227 e. The molecule has 0 spiro atoms. The number of nitrogens with one attached hydrogen (secondary N) is 5. The average Bonchev–Trinajstić information content (AvgIpc) is 3.17. The standard InChI is InChI=1S/C12H14ClN7O2/c13-8-4-2-1-3-7(8)11-15-10(22-18-11)6-5-9(21)14-12-16-19-20-17-12/h1-4,12,16-17,19-20H,5-6H2,(H,14,21). The number of halogens is 1. The second kappa shape index (κ2) is 6.81. The largest absolute Gasteiger partial charge is 0.339 e. The maximum atomic E-state index is 11.7. The summed E-state index contributed by atoms with van der Waals surface area (Å²) in [5, 5.41) is 7.13. The van der Waals surface area contributed by atoms with E-state index in [1.807, 2.05) is 12.1 Å². The summed E-state index contributed by atoms with van der Waals surface area (Å²) in [5.41, 5.74) is 11.4. The van der Waals surface area contributed by atoms with Gasteiger partial charge >= 0.3 is 0 Å². The molecule has 0 aliphatic carbocycles. The molecular weight excluding hydrogens is 310 g/mol. The fraction of sp³-hybridized carbons (Fsp3) is 0.250. The Kier molecular flexibility index (Phi) is 4.61. The minimum atomic E-state index is -0.381. The molecule has 1 aliphatic heterocycles. The summed E-state index contributed by atoms with van der Waals surface area (Å²) in [6.07, 6.45) is 0.190. The lowest BCUT2D eigenvalue weighted by Gasteiger charge is -2.10. The number of carbonyl (C=O) groups excluding carboxylic acids is 1. The SMILES string of the molecule is O=C(CCc1nc(-c2ccccc2Cl)no1)NC1NNNN1. The number of hydrogen-bond donors (Lipinski definition) is 5. The molecule has 0 radical (unpaired) electrons. The third-order valence-corrected chi connectivity index (χ3v) is 3.28. The van der Waals surface area contributed by atoms with Crippen LogP contribution in [0.2, 0.25) is 5.02 Å². The molecule has 1 fully saturated rings. The van der Waals surface area contributed by atoms with Gasteiger partial charge in [0.2, 0.25) is 17.6 Å². The van der Waals surface area contributed by atoms with Gasteiger partial charge in [0.05, 0.1) is 5.02 Å². The molecular formula is C12H14ClN7O2. The molecule has 1 aromatic heterocycles. The van der Waals surface area contributed by atoms with E-state index in [0.717, 1.165) is 0 Å². The van der Waals surface area contributed by atoms with Crippen LogP contribution in [-0.4, -0.2) is 22.3 Å². The van der Waals surface area contributed by atoms with Crippen molar-refractivity contribution in [2.24, 2.45) is 0 Å². The van der Waals surface area contributed by atoms with Gasteiger partial charge in [-0.05, 0) is 12.1 Å². The van der Waals surface area contributed by atoms with Gasteiger partial charge in [0.25, 0.3) is 0 Å². The minimum absolute atomic E-state index is 0.159. The van der Waals surface area contributed by atoms with Crippen LogP contribution in [0.5, 0.6) is 0 Å². The number of hydrazine groups is 3. The summed E-state index contributed by atoms with van der Waals surface area (Å²) in [6, 6.07) is 7.23. The first-order chi connectivity index (χ1) is 10.7. The molecule has 10 heteroatoms. The summed E-state index contributed by atoms with van der Waals surface area (Å²) < 4.78 is 5.14. The zero-order valence-corrected chi connectivity index (χ0v) is 12.1. The Bertz CT molecular complexity index is 656. The highest BCUT2D eigenvalue weighted by atomic mass is 35.5. The van der Waals surface area contributed by atoms with Crippen LogP contribution in [0.1, 0.15) is 12.3 Å². The van der Waals surface area contributed by atoms with Crippen LogP contribution in [0.4, 0.5) is 0 Å². The van der Waals surface area contributed by atoms with Crippen LogP contribution in [0.25, 0.3) is 11.4 Å². The highest BCUT2D eigenvalue weighted by Crippen LogP contribution is 2.24. The molecule has 0 saturated carbocycles. The van der Waals surface area contributed by atoms with Crippen LogP contribution in [0.15, 0.2) is 28.8 Å². The normalized spacial score (nSPS) is 15.1. The topological polar surface area (TPSA) is 116 Å². The fourth-order valence-electron chi connectivity index (χ4n) is 1.89. The van der Waals surface area contributed by atoms with E-state index in [1.165, 1.54) is 0 Å². The fourth-order valence-corrected chi connectivity index (χ4v) is 2.11. The van der Waals surface area contributed by atoms with Crippen molar-refractivity contribution in [3.63, 3.8) is 0 Å². The maximum absolute atomic E-state index is 11.7. The number of amides is 1. The molecule has 2 aromatic rings. The Labute approximate surface area is 130 Å². The average molecular weight is 324 g/mol. The monoisotopic (exact) mass is 323 g/mol. The first kappa shape index (κ1) is 14.9. The highest BCUT2D eigenvalue weighted by Gasteiger charge is 2.16. The van der Waals surface area contributed by atoms with Crippen LogP contribution in [-0.2, 0) is 11.2 Å². The Morgan fingerprint density at radius 1 is 1.32 bits per heavy atom. The predicted octanol–water partition coefficient (Wildman–Crippen LogP) is -0.161. The first-order valence-corrected chi connectivity index (χ1v) is 6.98. The van der Waals surface area contributed by atoms with Gasteiger partial charge in [-0.15, -0.1) is 0 Å². The van der Waals surface area contributed by atoms with Crippen LogP contribution in [0, 0.1) is 0 Å². The van der Waals surface area contributed by atoms with E-state index in [1.54, 1.807) is 12.1 Å². The Balaban J connectivity index is 1.55. The molecule has 9 nitrogen and oxygen atoms in total. The van der Waals surface area contributed by atoms with Gasteiger partial charge in [0.15, 0.2) is 6.29 Å². The van der Waals surface area contributed by atoms with Gasteiger partial charge in [-0.3, -0.25) is 4.79 Å². The molecule has 1 aliphatic rings. The van der Waals surface area contributed by atoms with Crippen LogP contribution < -0.4 is 27.2 Å². The van der Waals surface area contributed by atoms with Crippen molar-refractivity contribution >= 4 is 17.5 Å². The van der Waals surface area contributed by atoms with E-state index in [-0.39, 0.29) is 18.6 Å². The number of aryl methyl sites for hydroxylation is 1. The van der Waals surface area contributed by atoms with E-state index in [0.29, 0.717) is 28.7 Å². The molecule has 3 rings (SSSR count). The molecule has 0 bridgehead atoms. The number of rotatable bonds is 5. The summed E-state index contributed by atoms with van der Waals surface area (Å²) in [7, 11) is 0. The van der Waals surface area contributed by atoms with Gasteiger partial charge in [0, 0.05) is 18.4 Å².